The molecule has 9 rings (SSSR count). The number of H-pyrrole nitrogens is 1. The average molecular weight is 445 g/mol. The van der Waals surface area contributed by atoms with E-state index in [-0.39, 0.29) is 40.6 Å². The highest BCUT2D eigenvalue weighted by atomic mass is 19.3. The van der Waals surface area contributed by atoms with Gasteiger partial charge in [-0.25, -0.2) is 18.6 Å². The first-order chi connectivity index (χ1) is 15.4. The van der Waals surface area contributed by atoms with Gasteiger partial charge in [-0.2, -0.15) is 5.10 Å². The number of carbonyl (C=O) groups excluding carboxylic acids is 1. The lowest BCUT2D eigenvalue weighted by atomic mass is 9.38. The van der Waals surface area contributed by atoms with E-state index in [1.807, 2.05) is 6.07 Å². The zero-order valence-electron chi connectivity index (χ0n) is 17.5. The third kappa shape index (κ3) is 3.45. The number of nitrogens with one attached hydrogen (secondary N) is 3. The maximum Gasteiger partial charge on any atom is 0.407 e. The van der Waals surface area contributed by atoms with Crippen molar-refractivity contribution in [3.63, 3.8) is 0 Å². The molecule has 8 bridgehead atoms. The smallest absolute Gasteiger partial charge is 0.407 e. The van der Waals surface area contributed by atoms with Crippen LogP contribution in [0.5, 0.6) is 5.88 Å². The van der Waals surface area contributed by atoms with Crippen LogP contribution in [0.1, 0.15) is 68.7 Å². The van der Waals surface area contributed by atoms with Gasteiger partial charge in [0.1, 0.15) is 11.8 Å². The van der Waals surface area contributed by atoms with Crippen LogP contribution in [0.2, 0.25) is 0 Å². The first-order valence-electron chi connectivity index (χ1n) is 11.1. The van der Waals surface area contributed by atoms with Crippen molar-refractivity contribution in [2.75, 3.05) is 11.9 Å². The number of pyridine rings is 1. The Labute approximate surface area is 183 Å². The Balaban J connectivity index is 1.27. The number of hydrogen-bond acceptors (Lipinski definition) is 6. The molecule has 32 heavy (non-hydrogen) atoms. The minimum atomic E-state index is -2.70. The molecule has 2 atom stereocenters. The molecule has 3 aliphatic heterocycles. The van der Waals surface area contributed by atoms with E-state index < -0.39 is 6.43 Å². The van der Waals surface area contributed by atoms with Crippen LogP contribution in [0.15, 0.2) is 18.2 Å². The predicted octanol–water partition coefficient (Wildman–Crippen LogP) is 4.55. The van der Waals surface area contributed by atoms with Gasteiger partial charge in [-0.05, 0) is 56.4 Å². The molecule has 170 valence electrons. The van der Waals surface area contributed by atoms with Gasteiger partial charge in [0.05, 0.1) is 6.61 Å². The quantitative estimate of drug-likeness (QED) is 0.595. The van der Waals surface area contributed by atoms with E-state index in [0.717, 1.165) is 50.6 Å². The summed E-state index contributed by atoms with van der Waals surface area (Å²) in [6.45, 7) is 0.385. The average Bonchev–Trinajstić information content (AvgIpc) is 3.33. The lowest BCUT2D eigenvalue weighted by Crippen LogP contribution is -2.74. The number of anilines is 2. The number of aromatic amines is 1. The second kappa shape index (κ2) is 7.05. The van der Waals surface area contributed by atoms with Crippen molar-refractivity contribution in [1.29, 1.82) is 0 Å². The molecule has 1 amide bonds. The van der Waals surface area contributed by atoms with Gasteiger partial charge in [0.15, 0.2) is 5.82 Å². The number of aromatic nitrogens is 3. The zero-order chi connectivity index (χ0) is 21.9. The summed E-state index contributed by atoms with van der Waals surface area (Å²) < 4.78 is 38.3. The third-order valence-corrected chi connectivity index (χ3v) is 7.40. The topological polar surface area (TPSA) is 101 Å². The van der Waals surface area contributed by atoms with Crippen molar-refractivity contribution in [3.8, 4) is 5.88 Å². The highest BCUT2D eigenvalue weighted by Crippen LogP contribution is 2.68. The summed E-state index contributed by atoms with van der Waals surface area (Å²) in [5.74, 6) is 0.891. The minimum absolute atomic E-state index is 0.118. The van der Waals surface area contributed by atoms with E-state index in [0.29, 0.717) is 18.1 Å². The Morgan fingerprint density at radius 1 is 1.16 bits per heavy atom. The number of hydrogen-bond donors (Lipinski definition) is 3. The number of amides is 1. The molecule has 0 saturated heterocycles. The SMILES string of the molecule is O=C1NC23CC(CCOc4cc(cc(C(F)F)n4)Nc4cc([nH]n4)C4CCC(C4)O1)(C2)C3. The molecule has 5 heterocycles. The van der Waals surface area contributed by atoms with Crippen LogP contribution in [-0.2, 0) is 4.74 Å². The van der Waals surface area contributed by atoms with Gasteiger partial charge >= 0.3 is 6.09 Å². The largest absolute Gasteiger partial charge is 0.478 e. The Morgan fingerprint density at radius 3 is 2.81 bits per heavy atom. The number of carbonyl (C=O) groups is 1. The Kier molecular flexibility index (Phi) is 4.35. The summed E-state index contributed by atoms with van der Waals surface area (Å²) in [5, 5.41) is 13.5. The van der Waals surface area contributed by atoms with Crippen molar-refractivity contribution in [1.82, 2.24) is 20.5 Å². The highest BCUT2D eigenvalue weighted by Gasteiger charge is 2.68. The first kappa shape index (κ1) is 19.8. The van der Waals surface area contributed by atoms with Crippen molar-refractivity contribution < 1.29 is 23.0 Å². The predicted molar refractivity (Wildman–Crippen MR) is 110 cm³/mol. The fraction of sp³-hybridized carbons (Fsp3) is 0.591. The molecule has 2 aromatic heterocycles. The fourth-order valence-corrected chi connectivity index (χ4v) is 6.04. The van der Waals surface area contributed by atoms with Gasteiger partial charge in [0.25, 0.3) is 6.43 Å². The van der Waals surface area contributed by atoms with E-state index in [1.54, 1.807) is 6.07 Å². The number of rotatable bonds is 1. The standard InChI is InChI=1S/C22H25F2N5O3/c23-19(24)16-6-13-7-18(26-16)31-4-3-21-9-22(10-21,11-21)27-20(30)32-14-2-1-12(5-14)15-8-17(25-13)29-28-15/h6-8,12,14,19H,1-5,9-11H2,(H,27,30)(H2,25,28,29). The zero-order valence-corrected chi connectivity index (χ0v) is 17.5. The molecule has 4 aliphatic carbocycles. The van der Waals surface area contributed by atoms with E-state index in [1.165, 1.54) is 6.07 Å². The van der Waals surface area contributed by atoms with Crippen LogP contribution in [0, 0.1) is 5.41 Å². The summed E-state index contributed by atoms with van der Waals surface area (Å²) in [6.07, 6.45) is 2.77. The Morgan fingerprint density at radius 2 is 2.00 bits per heavy atom. The van der Waals surface area contributed by atoms with E-state index in [4.69, 9.17) is 9.47 Å². The van der Waals surface area contributed by atoms with E-state index >= 15 is 0 Å². The number of halogens is 2. The molecule has 0 radical (unpaired) electrons. The summed E-state index contributed by atoms with van der Waals surface area (Å²) in [7, 11) is 0. The van der Waals surface area contributed by atoms with Gasteiger partial charge in [0.2, 0.25) is 5.88 Å². The van der Waals surface area contributed by atoms with Crippen LogP contribution >= 0.6 is 0 Å². The summed E-state index contributed by atoms with van der Waals surface area (Å²) in [5.41, 5.74) is 1.04. The van der Waals surface area contributed by atoms with Crippen LogP contribution in [0.4, 0.5) is 25.1 Å². The molecule has 0 spiro atoms. The monoisotopic (exact) mass is 445 g/mol. The molecule has 2 aromatic rings. The van der Waals surface area contributed by atoms with Gasteiger partial charge in [-0.15, -0.1) is 0 Å². The molecule has 10 heteroatoms. The first-order valence-corrected chi connectivity index (χ1v) is 11.1. The summed E-state index contributed by atoms with van der Waals surface area (Å²) in [6, 6.07) is 4.81. The van der Waals surface area contributed by atoms with Crippen molar-refractivity contribution in [2.45, 2.75) is 68.9 Å². The Hall–Kier alpha value is -2.91. The molecule has 0 aromatic carbocycles. The van der Waals surface area contributed by atoms with Crippen molar-refractivity contribution in [3.05, 3.63) is 29.6 Å². The van der Waals surface area contributed by atoms with Crippen LogP contribution in [0.25, 0.3) is 0 Å². The van der Waals surface area contributed by atoms with Crippen LogP contribution < -0.4 is 15.4 Å². The normalized spacial score (nSPS) is 33.3. The van der Waals surface area contributed by atoms with E-state index in [2.05, 4.69) is 25.8 Å². The number of alkyl carbamates (subject to hydrolysis) is 1. The highest BCUT2D eigenvalue weighted by molar-refractivity contribution is 5.69. The molecule has 4 saturated carbocycles. The molecule has 7 aliphatic rings. The minimum Gasteiger partial charge on any atom is -0.478 e. The molecule has 3 N–H and O–H groups in total. The van der Waals surface area contributed by atoms with E-state index in [9.17, 15) is 13.6 Å². The fourth-order valence-electron chi connectivity index (χ4n) is 6.04. The van der Waals surface area contributed by atoms with Gasteiger partial charge in [-0.3, -0.25) is 5.10 Å². The number of alkyl halides is 2. The lowest BCUT2D eigenvalue weighted by molar-refractivity contribution is -0.159. The second-order valence-corrected chi connectivity index (χ2v) is 9.82. The number of ether oxygens (including phenoxy) is 2. The molecule has 8 nitrogen and oxygen atoms in total. The van der Waals surface area contributed by atoms with Gasteiger partial charge in [0, 0.05) is 35.0 Å². The van der Waals surface area contributed by atoms with Gasteiger partial charge in [-0.1, -0.05) is 0 Å². The number of nitrogens with zero attached hydrogens (tertiary/aromatic N) is 2. The molecular formula is C22H25F2N5O3. The van der Waals surface area contributed by atoms with Crippen LogP contribution in [-0.4, -0.2) is 39.5 Å². The molecule has 4 fully saturated rings. The summed E-state index contributed by atoms with van der Waals surface area (Å²) >= 11 is 0. The second-order valence-electron chi connectivity index (χ2n) is 9.82. The van der Waals surface area contributed by atoms with Crippen molar-refractivity contribution >= 4 is 17.6 Å². The third-order valence-electron chi connectivity index (χ3n) is 7.40. The van der Waals surface area contributed by atoms with Gasteiger partial charge < -0.3 is 20.1 Å². The summed E-state index contributed by atoms with van der Waals surface area (Å²) in [4.78, 5) is 16.4. The molecule has 2 unspecified atom stereocenters. The molecular weight excluding hydrogens is 420 g/mol. The lowest BCUT2D eigenvalue weighted by Gasteiger charge is -2.70. The Bertz CT molecular complexity index is 1040. The maximum atomic E-state index is 13.4. The van der Waals surface area contributed by atoms with Crippen molar-refractivity contribution in [2.24, 2.45) is 5.41 Å². The maximum absolute atomic E-state index is 13.4. The van der Waals surface area contributed by atoms with Crippen LogP contribution in [0.3, 0.4) is 0 Å².